The number of rotatable bonds is 3. The summed E-state index contributed by atoms with van der Waals surface area (Å²) >= 11 is 5.77. The molecule has 0 atom stereocenters. The van der Waals surface area contributed by atoms with Crippen molar-refractivity contribution in [2.45, 2.75) is 19.4 Å². The number of hydrogen-bond acceptors (Lipinski definition) is 5. The maximum Gasteiger partial charge on any atom is 0.246 e. The highest BCUT2D eigenvalue weighted by atomic mass is 35.5. The van der Waals surface area contributed by atoms with Crippen LogP contribution in [0.15, 0.2) is 12.3 Å². The van der Waals surface area contributed by atoms with Gasteiger partial charge in [0.25, 0.3) is 0 Å². The third-order valence-corrected chi connectivity index (χ3v) is 3.52. The van der Waals surface area contributed by atoms with E-state index in [1.165, 1.54) is 6.20 Å². The summed E-state index contributed by atoms with van der Waals surface area (Å²) in [6, 6.07) is 1.57. The molecular formula is C12H18ClN5O. The zero-order chi connectivity index (χ0) is 13.9. The molecule has 1 aromatic heterocycles. The maximum atomic E-state index is 12.3. The number of nitrogens with one attached hydrogen (secondary N) is 2. The first-order valence-corrected chi connectivity index (χ1v) is 6.64. The van der Waals surface area contributed by atoms with Crippen LogP contribution >= 0.6 is 11.6 Å². The summed E-state index contributed by atoms with van der Waals surface area (Å²) in [5, 5.41) is 6.29. The average Bonchev–Trinajstić information content (AvgIpc) is 2.39. The van der Waals surface area contributed by atoms with Crippen LogP contribution in [0.2, 0.25) is 5.15 Å². The molecule has 0 unspecified atom stereocenters. The van der Waals surface area contributed by atoms with Gasteiger partial charge in [-0.25, -0.2) is 9.97 Å². The summed E-state index contributed by atoms with van der Waals surface area (Å²) in [4.78, 5) is 22.4. The first-order valence-electron chi connectivity index (χ1n) is 6.26. The van der Waals surface area contributed by atoms with Crippen molar-refractivity contribution in [3.05, 3.63) is 17.4 Å². The standard InChI is InChI=1S/C12H18ClN5O/c1-12(2,18-7-5-14-6-8-18)10(19)17-11-15-4-3-9(13)16-11/h3-4,14H,5-8H2,1-2H3,(H,15,16,17,19). The molecule has 1 amide bonds. The Morgan fingerprint density at radius 3 is 2.79 bits per heavy atom. The molecule has 1 aliphatic heterocycles. The molecule has 6 nitrogen and oxygen atoms in total. The van der Waals surface area contributed by atoms with E-state index in [9.17, 15) is 4.79 Å². The Kier molecular flexibility index (Phi) is 4.34. The summed E-state index contributed by atoms with van der Waals surface area (Å²) in [6.07, 6.45) is 1.52. The van der Waals surface area contributed by atoms with E-state index in [1.807, 2.05) is 13.8 Å². The Morgan fingerprint density at radius 2 is 2.16 bits per heavy atom. The van der Waals surface area contributed by atoms with Crippen LogP contribution in [0.25, 0.3) is 0 Å². The Hall–Kier alpha value is -1.24. The van der Waals surface area contributed by atoms with Crippen molar-refractivity contribution < 1.29 is 4.79 Å². The third-order valence-electron chi connectivity index (χ3n) is 3.31. The Morgan fingerprint density at radius 1 is 1.47 bits per heavy atom. The lowest BCUT2D eigenvalue weighted by Gasteiger charge is -2.39. The van der Waals surface area contributed by atoms with Crippen molar-refractivity contribution >= 4 is 23.5 Å². The lowest BCUT2D eigenvalue weighted by Crippen LogP contribution is -2.58. The topological polar surface area (TPSA) is 70.2 Å². The van der Waals surface area contributed by atoms with E-state index < -0.39 is 5.54 Å². The van der Waals surface area contributed by atoms with Gasteiger partial charge >= 0.3 is 0 Å². The van der Waals surface area contributed by atoms with Crippen LogP contribution in [0, 0.1) is 0 Å². The molecule has 19 heavy (non-hydrogen) atoms. The average molecular weight is 284 g/mol. The second-order valence-corrected chi connectivity index (χ2v) is 5.34. The molecule has 0 bridgehead atoms. The lowest BCUT2D eigenvalue weighted by atomic mass is 10.0. The minimum atomic E-state index is -0.603. The van der Waals surface area contributed by atoms with Gasteiger partial charge in [0.2, 0.25) is 11.9 Å². The molecule has 0 aromatic carbocycles. The van der Waals surface area contributed by atoms with Crippen molar-refractivity contribution in [1.29, 1.82) is 0 Å². The number of hydrogen-bond donors (Lipinski definition) is 2. The van der Waals surface area contributed by atoms with Gasteiger partial charge in [0.15, 0.2) is 0 Å². The van der Waals surface area contributed by atoms with Gasteiger partial charge in [-0.3, -0.25) is 15.0 Å². The van der Waals surface area contributed by atoms with Gasteiger partial charge in [0.1, 0.15) is 5.15 Å². The molecule has 0 saturated carbocycles. The first-order chi connectivity index (χ1) is 9.00. The van der Waals surface area contributed by atoms with E-state index in [0.717, 1.165) is 26.2 Å². The largest absolute Gasteiger partial charge is 0.314 e. The molecule has 1 aromatic rings. The molecule has 1 aliphatic rings. The number of aromatic nitrogens is 2. The van der Waals surface area contributed by atoms with Crippen LogP contribution in [-0.4, -0.2) is 52.5 Å². The van der Waals surface area contributed by atoms with E-state index >= 15 is 0 Å². The Labute approximate surface area is 117 Å². The van der Waals surface area contributed by atoms with Crippen LogP contribution in [0.5, 0.6) is 0 Å². The quantitative estimate of drug-likeness (QED) is 0.801. The highest BCUT2D eigenvalue weighted by Crippen LogP contribution is 2.17. The predicted octanol–water partition coefficient (Wildman–Crippen LogP) is 0.752. The van der Waals surface area contributed by atoms with Gasteiger partial charge in [0, 0.05) is 32.4 Å². The van der Waals surface area contributed by atoms with E-state index in [-0.39, 0.29) is 11.9 Å². The van der Waals surface area contributed by atoms with Crippen LogP contribution in [0.3, 0.4) is 0 Å². The molecule has 0 radical (unpaired) electrons. The first kappa shape index (κ1) is 14.2. The van der Waals surface area contributed by atoms with Gasteiger partial charge in [-0.15, -0.1) is 0 Å². The van der Waals surface area contributed by atoms with Crippen LogP contribution in [0.1, 0.15) is 13.8 Å². The van der Waals surface area contributed by atoms with E-state index in [2.05, 4.69) is 25.5 Å². The molecule has 104 valence electrons. The van der Waals surface area contributed by atoms with Crippen LogP contribution in [-0.2, 0) is 4.79 Å². The van der Waals surface area contributed by atoms with Crippen molar-refractivity contribution in [3.63, 3.8) is 0 Å². The number of carbonyl (C=O) groups excluding carboxylic acids is 1. The van der Waals surface area contributed by atoms with Gasteiger partial charge in [-0.05, 0) is 19.9 Å². The summed E-state index contributed by atoms with van der Waals surface area (Å²) in [6.45, 7) is 7.28. The van der Waals surface area contributed by atoms with Crippen molar-refractivity contribution in [2.24, 2.45) is 0 Å². The second kappa shape index (κ2) is 5.81. The number of nitrogens with zero attached hydrogens (tertiary/aromatic N) is 3. The number of amides is 1. The van der Waals surface area contributed by atoms with Gasteiger partial charge in [-0.2, -0.15) is 0 Å². The summed E-state index contributed by atoms with van der Waals surface area (Å²) in [5.74, 6) is 0.109. The minimum Gasteiger partial charge on any atom is -0.314 e. The van der Waals surface area contributed by atoms with Gasteiger partial charge < -0.3 is 5.32 Å². The SMILES string of the molecule is CC(C)(C(=O)Nc1nccc(Cl)n1)N1CCNCC1. The van der Waals surface area contributed by atoms with Crippen molar-refractivity contribution in [1.82, 2.24) is 20.2 Å². The van der Waals surface area contributed by atoms with E-state index in [1.54, 1.807) is 6.07 Å². The number of carbonyl (C=O) groups is 1. The fraction of sp³-hybridized carbons (Fsp3) is 0.583. The smallest absolute Gasteiger partial charge is 0.246 e. The van der Waals surface area contributed by atoms with Crippen LogP contribution in [0.4, 0.5) is 5.95 Å². The van der Waals surface area contributed by atoms with E-state index in [0.29, 0.717) is 5.15 Å². The Bertz CT molecular complexity index is 459. The molecule has 0 spiro atoms. The fourth-order valence-electron chi connectivity index (χ4n) is 2.02. The van der Waals surface area contributed by atoms with Gasteiger partial charge in [0.05, 0.1) is 5.54 Å². The molecule has 0 aliphatic carbocycles. The fourth-order valence-corrected chi connectivity index (χ4v) is 2.16. The molecule has 1 fully saturated rings. The summed E-state index contributed by atoms with van der Waals surface area (Å²) < 4.78 is 0. The predicted molar refractivity (Wildman–Crippen MR) is 74.2 cm³/mol. The lowest BCUT2D eigenvalue weighted by molar-refractivity contribution is -0.126. The normalized spacial score (nSPS) is 17.2. The maximum absolute atomic E-state index is 12.3. The molecule has 2 heterocycles. The number of halogens is 1. The molecular weight excluding hydrogens is 266 g/mol. The van der Waals surface area contributed by atoms with E-state index in [4.69, 9.17) is 11.6 Å². The highest BCUT2D eigenvalue weighted by molar-refractivity contribution is 6.29. The van der Waals surface area contributed by atoms with Crippen LogP contribution < -0.4 is 10.6 Å². The molecule has 2 N–H and O–H groups in total. The monoisotopic (exact) mass is 283 g/mol. The van der Waals surface area contributed by atoms with Gasteiger partial charge in [-0.1, -0.05) is 11.6 Å². The molecule has 1 saturated heterocycles. The molecule has 7 heteroatoms. The third kappa shape index (κ3) is 3.40. The zero-order valence-electron chi connectivity index (χ0n) is 11.1. The zero-order valence-corrected chi connectivity index (χ0v) is 11.9. The van der Waals surface area contributed by atoms with Crippen molar-refractivity contribution in [3.8, 4) is 0 Å². The van der Waals surface area contributed by atoms with Crippen molar-refractivity contribution in [2.75, 3.05) is 31.5 Å². The highest BCUT2D eigenvalue weighted by Gasteiger charge is 2.35. The summed E-state index contributed by atoms with van der Waals surface area (Å²) in [7, 11) is 0. The molecule has 2 rings (SSSR count). The minimum absolute atomic E-state index is 0.128. The summed E-state index contributed by atoms with van der Waals surface area (Å²) in [5.41, 5.74) is -0.603. The number of piperazine rings is 1. The second-order valence-electron chi connectivity index (χ2n) is 4.95. The number of anilines is 1. The Balaban J connectivity index is 2.05.